The molecule has 1 saturated heterocycles. The first-order chi connectivity index (χ1) is 9.29. The third-order valence-electron chi connectivity index (χ3n) is 4.86. The molecule has 19 heavy (non-hydrogen) atoms. The first-order valence-electron chi connectivity index (χ1n) is 7.58. The number of anilines is 1. The van der Waals surface area contributed by atoms with Gasteiger partial charge in [0, 0.05) is 24.2 Å². The zero-order valence-corrected chi connectivity index (χ0v) is 12.5. The van der Waals surface area contributed by atoms with E-state index < -0.39 is 0 Å². The van der Waals surface area contributed by atoms with Crippen molar-refractivity contribution < 1.29 is 0 Å². The average molecular weight is 279 g/mol. The van der Waals surface area contributed by atoms with Gasteiger partial charge in [-0.05, 0) is 50.2 Å². The van der Waals surface area contributed by atoms with Crippen LogP contribution in [0.15, 0.2) is 12.1 Å². The lowest BCUT2D eigenvalue weighted by atomic mass is 9.96. The highest BCUT2D eigenvalue weighted by molar-refractivity contribution is 6.17. The van der Waals surface area contributed by atoms with E-state index in [2.05, 4.69) is 24.0 Å². The van der Waals surface area contributed by atoms with Gasteiger partial charge in [0.2, 0.25) is 0 Å². The van der Waals surface area contributed by atoms with Gasteiger partial charge in [0.1, 0.15) is 5.82 Å². The second kappa shape index (κ2) is 5.70. The standard InChI is InChI=1S/C16H23ClN2/c1-12-14(11-17)8-9-16(18-12)19-10-4-7-15(19)13-5-2-3-6-13/h8-9,13,15H,2-7,10-11H2,1H3. The topological polar surface area (TPSA) is 16.1 Å². The van der Waals surface area contributed by atoms with E-state index in [9.17, 15) is 0 Å². The fourth-order valence-electron chi connectivity index (χ4n) is 3.79. The van der Waals surface area contributed by atoms with Crippen LogP contribution in [-0.2, 0) is 5.88 Å². The molecule has 0 spiro atoms. The number of aryl methyl sites for hydroxylation is 1. The molecule has 1 aliphatic heterocycles. The van der Waals surface area contributed by atoms with E-state index in [0.717, 1.165) is 23.2 Å². The van der Waals surface area contributed by atoms with Gasteiger partial charge in [0.05, 0.1) is 0 Å². The molecule has 0 radical (unpaired) electrons. The normalized spacial score (nSPS) is 24.3. The Morgan fingerprint density at radius 1 is 1.21 bits per heavy atom. The van der Waals surface area contributed by atoms with Crippen molar-refractivity contribution >= 4 is 17.4 Å². The van der Waals surface area contributed by atoms with Crippen molar-refractivity contribution in [2.45, 2.75) is 57.4 Å². The number of aromatic nitrogens is 1. The van der Waals surface area contributed by atoms with Crippen LogP contribution in [0.25, 0.3) is 0 Å². The van der Waals surface area contributed by atoms with Crippen LogP contribution in [0.1, 0.15) is 49.8 Å². The number of nitrogens with zero attached hydrogens (tertiary/aromatic N) is 2. The number of rotatable bonds is 3. The largest absolute Gasteiger partial charge is 0.353 e. The monoisotopic (exact) mass is 278 g/mol. The van der Waals surface area contributed by atoms with E-state index in [1.807, 2.05) is 0 Å². The fourth-order valence-corrected chi connectivity index (χ4v) is 4.07. The summed E-state index contributed by atoms with van der Waals surface area (Å²) in [7, 11) is 0. The van der Waals surface area contributed by atoms with Crippen LogP contribution in [0.4, 0.5) is 5.82 Å². The van der Waals surface area contributed by atoms with Crippen LogP contribution >= 0.6 is 11.6 Å². The number of hydrogen-bond donors (Lipinski definition) is 0. The molecule has 0 N–H and O–H groups in total. The maximum atomic E-state index is 5.92. The Labute approximate surface area is 121 Å². The molecule has 0 amide bonds. The molecule has 1 aromatic heterocycles. The fraction of sp³-hybridized carbons (Fsp3) is 0.688. The highest BCUT2D eigenvalue weighted by atomic mass is 35.5. The van der Waals surface area contributed by atoms with Gasteiger partial charge in [-0.3, -0.25) is 0 Å². The summed E-state index contributed by atoms with van der Waals surface area (Å²) in [6.07, 6.45) is 8.35. The van der Waals surface area contributed by atoms with Crippen LogP contribution in [0.5, 0.6) is 0 Å². The summed E-state index contributed by atoms with van der Waals surface area (Å²) in [5.74, 6) is 2.63. The summed E-state index contributed by atoms with van der Waals surface area (Å²) < 4.78 is 0. The number of hydrogen-bond acceptors (Lipinski definition) is 2. The van der Waals surface area contributed by atoms with Crippen molar-refractivity contribution in [3.8, 4) is 0 Å². The van der Waals surface area contributed by atoms with E-state index in [4.69, 9.17) is 16.6 Å². The Kier molecular flexibility index (Phi) is 3.97. The van der Waals surface area contributed by atoms with Crippen molar-refractivity contribution in [1.82, 2.24) is 4.98 Å². The first kappa shape index (κ1) is 13.2. The molecule has 1 aliphatic carbocycles. The Morgan fingerprint density at radius 3 is 2.68 bits per heavy atom. The van der Waals surface area contributed by atoms with Crippen molar-refractivity contribution in [2.75, 3.05) is 11.4 Å². The molecular weight excluding hydrogens is 256 g/mol. The minimum atomic E-state index is 0.561. The molecule has 1 atom stereocenters. The maximum Gasteiger partial charge on any atom is 0.129 e. The first-order valence-corrected chi connectivity index (χ1v) is 8.12. The Morgan fingerprint density at radius 2 is 2.00 bits per heavy atom. The molecule has 3 heteroatoms. The van der Waals surface area contributed by atoms with E-state index >= 15 is 0 Å². The zero-order chi connectivity index (χ0) is 13.2. The molecule has 2 aliphatic rings. The van der Waals surface area contributed by atoms with Gasteiger partial charge in [-0.15, -0.1) is 11.6 Å². The van der Waals surface area contributed by atoms with Crippen molar-refractivity contribution in [1.29, 1.82) is 0 Å². The Balaban J connectivity index is 1.81. The van der Waals surface area contributed by atoms with Gasteiger partial charge in [-0.2, -0.15) is 0 Å². The van der Waals surface area contributed by atoms with Crippen molar-refractivity contribution in [2.24, 2.45) is 5.92 Å². The van der Waals surface area contributed by atoms with Crippen LogP contribution in [0.3, 0.4) is 0 Å². The summed E-state index contributed by atoms with van der Waals surface area (Å²) >= 11 is 5.92. The third-order valence-corrected chi connectivity index (χ3v) is 5.15. The highest BCUT2D eigenvalue weighted by Crippen LogP contribution is 2.37. The minimum absolute atomic E-state index is 0.561. The highest BCUT2D eigenvalue weighted by Gasteiger charge is 2.33. The Bertz CT molecular complexity index is 440. The van der Waals surface area contributed by atoms with Gasteiger partial charge >= 0.3 is 0 Å². The van der Waals surface area contributed by atoms with E-state index in [1.165, 1.54) is 50.9 Å². The second-order valence-electron chi connectivity index (χ2n) is 6.00. The molecule has 1 saturated carbocycles. The summed E-state index contributed by atoms with van der Waals surface area (Å²) in [6, 6.07) is 5.04. The molecule has 2 heterocycles. The second-order valence-corrected chi connectivity index (χ2v) is 6.26. The molecule has 0 aromatic carbocycles. The summed E-state index contributed by atoms with van der Waals surface area (Å²) in [5.41, 5.74) is 2.24. The average Bonchev–Trinajstić information content (AvgIpc) is 3.09. The number of pyridine rings is 1. The predicted molar refractivity (Wildman–Crippen MR) is 80.9 cm³/mol. The number of alkyl halides is 1. The Hall–Kier alpha value is -0.760. The maximum absolute atomic E-state index is 5.92. The van der Waals surface area contributed by atoms with E-state index in [0.29, 0.717) is 5.88 Å². The molecule has 2 fully saturated rings. The molecular formula is C16H23ClN2. The van der Waals surface area contributed by atoms with E-state index in [-0.39, 0.29) is 0 Å². The lowest BCUT2D eigenvalue weighted by molar-refractivity contribution is 0.429. The van der Waals surface area contributed by atoms with Crippen molar-refractivity contribution in [3.05, 3.63) is 23.4 Å². The quantitative estimate of drug-likeness (QED) is 0.767. The van der Waals surface area contributed by atoms with E-state index in [1.54, 1.807) is 0 Å². The van der Waals surface area contributed by atoms with Crippen LogP contribution < -0.4 is 4.90 Å². The molecule has 2 nitrogen and oxygen atoms in total. The zero-order valence-electron chi connectivity index (χ0n) is 11.7. The minimum Gasteiger partial charge on any atom is -0.353 e. The van der Waals surface area contributed by atoms with Crippen LogP contribution in [0.2, 0.25) is 0 Å². The predicted octanol–water partition coefficient (Wildman–Crippen LogP) is 4.29. The third kappa shape index (κ3) is 2.60. The summed E-state index contributed by atoms with van der Waals surface area (Å²) in [5, 5.41) is 0. The molecule has 104 valence electrons. The smallest absolute Gasteiger partial charge is 0.129 e. The molecule has 3 rings (SSSR count). The molecule has 1 aromatic rings. The van der Waals surface area contributed by atoms with Crippen molar-refractivity contribution in [3.63, 3.8) is 0 Å². The molecule has 0 bridgehead atoms. The summed E-state index contributed by atoms with van der Waals surface area (Å²) in [4.78, 5) is 7.35. The lowest BCUT2D eigenvalue weighted by Gasteiger charge is -2.30. The van der Waals surface area contributed by atoms with Gasteiger partial charge in [0.25, 0.3) is 0 Å². The van der Waals surface area contributed by atoms with Gasteiger partial charge in [-0.1, -0.05) is 18.9 Å². The van der Waals surface area contributed by atoms with Gasteiger partial charge in [-0.25, -0.2) is 4.98 Å². The summed E-state index contributed by atoms with van der Waals surface area (Å²) in [6.45, 7) is 3.25. The van der Waals surface area contributed by atoms with Crippen LogP contribution in [-0.4, -0.2) is 17.6 Å². The number of halogens is 1. The molecule has 1 unspecified atom stereocenters. The van der Waals surface area contributed by atoms with Gasteiger partial charge < -0.3 is 4.90 Å². The van der Waals surface area contributed by atoms with Gasteiger partial charge in [0.15, 0.2) is 0 Å². The SMILES string of the molecule is Cc1nc(N2CCCC2C2CCCC2)ccc1CCl. The van der Waals surface area contributed by atoms with Crippen LogP contribution in [0, 0.1) is 12.8 Å². The lowest BCUT2D eigenvalue weighted by Crippen LogP contribution is -2.35.